The zero-order valence-electron chi connectivity index (χ0n) is 8.20. The van der Waals surface area contributed by atoms with Crippen LogP contribution in [0.4, 0.5) is 5.69 Å². The molecule has 0 bridgehead atoms. The number of aryl methyl sites for hydroxylation is 1. The fourth-order valence-corrected chi connectivity index (χ4v) is 2.13. The number of hydrogen-bond acceptors (Lipinski definition) is 3. The molecule has 6 heteroatoms. The predicted molar refractivity (Wildman–Crippen MR) is 65.8 cm³/mol. The van der Waals surface area contributed by atoms with Gasteiger partial charge in [-0.05, 0) is 28.4 Å². The van der Waals surface area contributed by atoms with Crippen LogP contribution in [0.15, 0.2) is 22.8 Å². The number of halogens is 2. The quantitative estimate of drug-likeness (QED) is 0.593. The summed E-state index contributed by atoms with van der Waals surface area (Å²) in [5, 5.41) is 11.4. The Morgan fingerprint density at radius 2 is 2.19 bits per heavy atom. The van der Waals surface area contributed by atoms with Gasteiger partial charge in [0, 0.05) is 9.86 Å². The minimum absolute atomic E-state index is 0.121. The molecule has 1 aromatic carbocycles. The third kappa shape index (κ3) is 1.66. The van der Waals surface area contributed by atoms with Crippen molar-refractivity contribution in [2.45, 2.75) is 6.92 Å². The molecule has 2 aromatic rings. The van der Waals surface area contributed by atoms with Crippen molar-refractivity contribution in [3.05, 3.63) is 43.5 Å². The van der Waals surface area contributed by atoms with Crippen LogP contribution in [0.1, 0.15) is 5.56 Å². The van der Waals surface area contributed by atoms with Gasteiger partial charge < -0.3 is 0 Å². The number of benzene rings is 1. The Kier molecular flexibility index (Phi) is 2.82. The second-order valence-electron chi connectivity index (χ2n) is 3.31. The van der Waals surface area contributed by atoms with E-state index in [4.69, 9.17) is 11.6 Å². The number of nitro groups is 1. The van der Waals surface area contributed by atoms with E-state index in [2.05, 4.69) is 20.9 Å². The summed E-state index contributed by atoms with van der Waals surface area (Å²) in [4.78, 5) is 14.2. The number of fused-ring (bicyclic) bond motifs is 1. The van der Waals surface area contributed by atoms with E-state index in [0.717, 1.165) is 10.0 Å². The molecule has 2 rings (SSSR count). The van der Waals surface area contributed by atoms with E-state index in [1.165, 1.54) is 6.20 Å². The van der Waals surface area contributed by atoms with E-state index >= 15 is 0 Å². The van der Waals surface area contributed by atoms with E-state index in [9.17, 15) is 10.1 Å². The Morgan fingerprint density at radius 3 is 2.81 bits per heavy atom. The third-order valence-electron chi connectivity index (χ3n) is 2.28. The average molecular weight is 302 g/mol. The van der Waals surface area contributed by atoms with Crippen LogP contribution in [0.2, 0.25) is 5.02 Å². The van der Waals surface area contributed by atoms with Crippen molar-refractivity contribution in [1.29, 1.82) is 0 Å². The van der Waals surface area contributed by atoms with E-state index < -0.39 is 4.92 Å². The molecule has 0 aliphatic heterocycles. The first-order chi connectivity index (χ1) is 7.52. The second kappa shape index (κ2) is 3.99. The van der Waals surface area contributed by atoms with Gasteiger partial charge in [-0.3, -0.25) is 10.1 Å². The topological polar surface area (TPSA) is 56.0 Å². The van der Waals surface area contributed by atoms with Crippen molar-refractivity contribution < 1.29 is 4.92 Å². The fourth-order valence-electron chi connectivity index (χ4n) is 1.42. The fraction of sp³-hybridized carbons (Fsp3) is 0.100. The van der Waals surface area contributed by atoms with Crippen LogP contribution >= 0.6 is 27.5 Å². The highest BCUT2D eigenvalue weighted by Crippen LogP contribution is 2.35. The first-order valence-electron chi connectivity index (χ1n) is 4.40. The average Bonchev–Trinajstić information content (AvgIpc) is 2.23. The van der Waals surface area contributed by atoms with Crippen LogP contribution in [0.25, 0.3) is 10.9 Å². The molecule has 0 radical (unpaired) electrons. The molecule has 0 saturated carbocycles. The molecule has 0 saturated heterocycles. The number of hydrogen-bond donors (Lipinski definition) is 0. The van der Waals surface area contributed by atoms with Crippen molar-refractivity contribution in [2.75, 3.05) is 0 Å². The zero-order valence-corrected chi connectivity index (χ0v) is 10.5. The summed E-state index contributed by atoms with van der Waals surface area (Å²) < 4.78 is 0.807. The van der Waals surface area contributed by atoms with Crippen LogP contribution in [0.3, 0.4) is 0 Å². The highest BCUT2D eigenvalue weighted by molar-refractivity contribution is 9.10. The van der Waals surface area contributed by atoms with Crippen LogP contribution in [-0.4, -0.2) is 9.91 Å². The third-order valence-corrected chi connectivity index (χ3v) is 3.68. The summed E-state index contributed by atoms with van der Waals surface area (Å²) in [6, 6.07) is 3.57. The van der Waals surface area contributed by atoms with Gasteiger partial charge in [-0.25, -0.2) is 4.98 Å². The van der Waals surface area contributed by atoms with Gasteiger partial charge in [0.05, 0.1) is 10.4 Å². The maximum atomic E-state index is 10.7. The number of pyridine rings is 1. The molecule has 82 valence electrons. The molecule has 0 spiro atoms. The van der Waals surface area contributed by atoms with Gasteiger partial charge >= 0.3 is 5.69 Å². The lowest BCUT2D eigenvalue weighted by Gasteiger charge is -2.04. The highest BCUT2D eigenvalue weighted by Gasteiger charge is 2.17. The molecule has 0 atom stereocenters. The van der Waals surface area contributed by atoms with Gasteiger partial charge in [-0.2, -0.15) is 0 Å². The maximum Gasteiger partial charge on any atom is 0.306 e. The molecular weight excluding hydrogens is 295 g/mol. The largest absolute Gasteiger partial charge is 0.306 e. The van der Waals surface area contributed by atoms with Crippen molar-refractivity contribution in [2.24, 2.45) is 0 Å². The zero-order chi connectivity index (χ0) is 11.9. The normalized spacial score (nSPS) is 10.7. The summed E-state index contributed by atoms with van der Waals surface area (Å²) in [5.41, 5.74) is 1.46. The Morgan fingerprint density at radius 1 is 1.50 bits per heavy atom. The van der Waals surface area contributed by atoms with Crippen LogP contribution in [0, 0.1) is 17.0 Å². The smallest absolute Gasteiger partial charge is 0.258 e. The molecule has 1 aromatic heterocycles. The van der Waals surface area contributed by atoms with Crippen LogP contribution in [0.5, 0.6) is 0 Å². The standard InChI is InChI=1S/C10H6BrClN2O2/c1-5-2-3-6-9(12)7(14(15)16)4-13-10(6)8(5)11/h2-4H,1H3. The summed E-state index contributed by atoms with van der Waals surface area (Å²) in [5.74, 6) is 0. The van der Waals surface area contributed by atoms with Gasteiger partial charge in [0.2, 0.25) is 0 Å². The van der Waals surface area contributed by atoms with E-state index in [0.29, 0.717) is 10.9 Å². The van der Waals surface area contributed by atoms with Gasteiger partial charge in [0.1, 0.15) is 11.2 Å². The minimum Gasteiger partial charge on any atom is -0.258 e. The Hall–Kier alpha value is -1.20. The van der Waals surface area contributed by atoms with Gasteiger partial charge in [-0.1, -0.05) is 23.7 Å². The molecule has 4 nitrogen and oxygen atoms in total. The van der Waals surface area contributed by atoms with Gasteiger partial charge in [0.25, 0.3) is 0 Å². The molecule has 1 heterocycles. The first kappa shape index (κ1) is 11.3. The summed E-state index contributed by atoms with van der Waals surface area (Å²) in [6.07, 6.45) is 1.18. The SMILES string of the molecule is Cc1ccc2c(Cl)c([N+](=O)[O-])cnc2c1Br. The number of aromatic nitrogens is 1. The van der Waals surface area contributed by atoms with Gasteiger partial charge in [0.15, 0.2) is 0 Å². The Bertz CT molecular complexity index is 601. The Balaban J connectivity index is 2.87. The van der Waals surface area contributed by atoms with E-state index in [1.807, 2.05) is 13.0 Å². The van der Waals surface area contributed by atoms with Crippen molar-refractivity contribution in [1.82, 2.24) is 4.98 Å². The Labute approximate surface area is 105 Å². The molecule has 0 aliphatic rings. The summed E-state index contributed by atoms with van der Waals surface area (Å²) >= 11 is 9.34. The molecule has 0 amide bonds. The maximum absolute atomic E-state index is 10.7. The lowest BCUT2D eigenvalue weighted by molar-refractivity contribution is -0.384. The lowest BCUT2D eigenvalue weighted by atomic mass is 10.1. The van der Waals surface area contributed by atoms with E-state index in [1.54, 1.807) is 6.07 Å². The molecule has 0 fully saturated rings. The van der Waals surface area contributed by atoms with Crippen LogP contribution in [-0.2, 0) is 0 Å². The molecule has 0 aliphatic carbocycles. The number of nitrogens with zero attached hydrogens (tertiary/aromatic N) is 2. The number of rotatable bonds is 1. The summed E-state index contributed by atoms with van der Waals surface area (Å²) in [6.45, 7) is 1.92. The van der Waals surface area contributed by atoms with Crippen LogP contribution < -0.4 is 0 Å². The molecular formula is C10H6BrClN2O2. The monoisotopic (exact) mass is 300 g/mol. The highest BCUT2D eigenvalue weighted by atomic mass is 79.9. The van der Waals surface area contributed by atoms with Crippen molar-refractivity contribution >= 4 is 44.1 Å². The first-order valence-corrected chi connectivity index (χ1v) is 5.57. The van der Waals surface area contributed by atoms with Gasteiger partial charge in [-0.15, -0.1) is 0 Å². The molecule has 0 unspecified atom stereocenters. The summed E-state index contributed by atoms with van der Waals surface area (Å²) in [7, 11) is 0. The molecule has 16 heavy (non-hydrogen) atoms. The molecule has 0 N–H and O–H groups in total. The van der Waals surface area contributed by atoms with E-state index in [-0.39, 0.29) is 10.7 Å². The predicted octanol–water partition coefficient (Wildman–Crippen LogP) is 3.87. The second-order valence-corrected chi connectivity index (χ2v) is 4.48. The lowest BCUT2D eigenvalue weighted by Crippen LogP contribution is -1.93. The van der Waals surface area contributed by atoms with Crippen molar-refractivity contribution in [3.8, 4) is 0 Å². The minimum atomic E-state index is -0.539. The van der Waals surface area contributed by atoms with Crippen molar-refractivity contribution in [3.63, 3.8) is 0 Å².